The number of carbonyl (C=O) groups is 1. The van der Waals surface area contributed by atoms with Gasteiger partial charge in [0, 0.05) is 44.8 Å². The molecule has 2 rings (SSSR count). The topological polar surface area (TPSA) is 75.2 Å². The number of halogens is 1. The molecule has 1 aromatic carbocycles. The predicted molar refractivity (Wildman–Crippen MR) is 136 cm³/mol. The van der Waals surface area contributed by atoms with E-state index in [0.717, 1.165) is 56.0 Å². The summed E-state index contributed by atoms with van der Waals surface area (Å²) in [6.45, 7) is 12.8. The van der Waals surface area contributed by atoms with Crippen LogP contribution in [0, 0.1) is 6.92 Å². The van der Waals surface area contributed by atoms with Crippen LogP contribution in [0.15, 0.2) is 23.2 Å². The van der Waals surface area contributed by atoms with Gasteiger partial charge in [-0.05, 0) is 52.2 Å². The molecule has 176 valence electrons. The van der Waals surface area contributed by atoms with Gasteiger partial charge in [0.05, 0.1) is 12.6 Å². The highest BCUT2D eigenvalue weighted by atomic mass is 127. The van der Waals surface area contributed by atoms with E-state index in [4.69, 9.17) is 14.5 Å². The number of guanidine groups is 1. The molecular weight excluding hydrogens is 507 g/mol. The average molecular weight is 546 g/mol. The Morgan fingerprint density at radius 2 is 2.03 bits per heavy atom. The molecule has 0 aliphatic carbocycles. The summed E-state index contributed by atoms with van der Waals surface area (Å²) in [5, 5.41) is 6.51. The highest BCUT2D eigenvalue weighted by Gasteiger charge is 2.17. The van der Waals surface area contributed by atoms with Gasteiger partial charge in [0.1, 0.15) is 12.4 Å². The Morgan fingerprint density at radius 3 is 2.68 bits per heavy atom. The lowest BCUT2D eigenvalue weighted by Gasteiger charge is -2.19. The molecule has 0 radical (unpaired) electrons. The van der Waals surface area contributed by atoms with E-state index in [1.807, 2.05) is 25.7 Å². The van der Waals surface area contributed by atoms with E-state index in [1.54, 1.807) is 0 Å². The van der Waals surface area contributed by atoms with Crippen LogP contribution in [0.3, 0.4) is 0 Å². The van der Waals surface area contributed by atoms with Crippen molar-refractivity contribution in [2.24, 2.45) is 4.99 Å². The summed E-state index contributed by atoms with van der Waals surface area (Å²) >= 11 is 0. The Bertz CT molecular complexity index is 689. The fourth-order valence-corrected chi connectivity index (χ4v) is 3.41. The molecule has 0 spiro atoms. The van der Waals surface area contributed by atoms with E-state index in [-0.39, 0.29) is 36.0 Å². The van der Waals surface area contributed by atoms with Crippen LogP contribution < -0.4 is 15.4 Å². The standard InChI is InChI=1S/C23H38N4O3.HI/c1-5-24-23(25-13-12-22(28)27(6-2)7-3)26-16-19-11-10-18(4)15-21(19)30-17-20-9-8-14-29-20;/h10-11,15,20H,5-9,12-14,16-17H2,1-4H3,(H2,24,25,26);1H. The van der Waals surface area contributed by atoms with Gasteiger partial charge in [-0.25, -0.2) is 4.99 Å². The van der Waals surface area contributed by atoms with E-state index in [0.29, 0.717) is 32.1 Å². The van der Waals surface area contributed by atoms with E-state index in [9.17, 15) is 4.79 Å². The van der Waals surface area contributed by atoms with Crippen molar-refractivity contribution >= 4 is 35.8 Å². The van der Waals surface area contributed by atoms with Gasteiger partial charge in [0.15, 0.2) is 5.96 Å². The van der Waals surface area contributed by atoms with Crippen LogP contribution in [-0.2, 0) is 16.1 Å². The summed E-state index contributed by atoms with van der Waals surface area (Å²) in [5.74, 6) is 1.73. The monoisotopic (exact) mass is 546 g/mol. The van der Waals surface area contributed by atoms with Crippen LogP contribution in [0.1, 0.15) is 51.2 Å². The Kier molecular flexibility index (Phi) is 13.6. The summed E-state index contributed by atoms with van der Waals surface area (Å²) in [6.07, 6.45) is 2.80. The smallest absolute Gasteiger partial charge is 0.224 e. The molecule has 7 nitrogen and oxygen atoms in total. The fraction of sp³-hybridized carbons (Fsp3) is 0.652. The van der Waals surface area contributed by atoms with Crippen molar-refractivity contribution in [3.05, 3.63) is 29.3 Å². The Balaban J connectivity index is 0.00000480. The van der Waals surface area contributed by atoms with Crippen LogP contribution in [0.25, 0.3) is 0 Å². The van der Waals surface area contributed by atoms with Gasteiger partial charge in [0.25, 0.3) is 0 Å². The van der Waals surface area contributed by atoms with E-state index < -0.39 is 0 Å². The molecule has 1 fully saturated rings. The number of aliphatic imine (C=N–C) groups is 1. The van der Waals surface area contributed by atoms with Crippen LogP contribution in [-0.4, -0.2) is 62.3 Å². The maximum Gasteiger partial charge on any atom is 0.224 e. The molecule has 1 atom stereocenters. The lowest BCUT2D eigenvalue weighted by atomic mass is 10.1. The zero-order chi connectivity index (χ0) is 21.8. The molecule has 1 aromatic rings. The second-order valence-corrected chi connectivity index (χ2v) is 7.50. The van der Waals surface area contributed by atoms with Crippen molar-refractivity contribution < 1.29 is 14.3 Å². The van der Waals surface area contributed by atoms with Crippen LogP contribution in [0.2, 0.25) is 0 Å². The zero-order valence-electron chi connectivity index (χ0n) is 19.4. The zero-order valence-corrected chi connectivity index (χ0v) is 21.7. The maximum atomic E-state index is 12.2. The summed E-state index contributed by atoms with van der Waals surface area (Å²) in [4.78, 5) is 18.7. The van der Waals surface area contributed by atoms with E-state index in [2.05, 4.69) is 35.8 Å². The first-order valence-electron chi connectivity index (χ1n) is 11.2. The molecule has 1 aliphatic heterocycles. The summed E-state index contributed by atoms with van der Waals surface area (Å²) in [6, 6.07) is 6.20. The van der Waals surface area contributed by atoms with Gasteiger partial charge in [-0.15, -0.1) is 24.0 Å². The third kappa shape index (κ3) is 9.64. The van der Waals surface area contributed by atoms with Crippen LogP contribution >= 0.6 is 24.0 Å². The number of nitrogens with zero attached hydrogens (tertiary/aromatic N) is 2. The summed E-state index contributed by atoms with van der Waals surface area (Å²) in [5.41, 5.74) is 2.19. The molecule has 1 amide bonds. The first-order chi connectivity index (χ1) is 14.6. The first-order valence-corrected chi connectivity index (χ1v) is 11.2. The molecule has 1 heterocycles. The van der Waals surface area contributed by atoms with Gasteiger partial charge in [-0.2, -0.15) is 0 Å². The Labute approximate surface area is 204 Å². The number of benzene rings is 1. The average Bonchev–Trinajstić information content (AvgIpc) is 3.26. The molecule has 1 aliphatic rings. The fourth-order valence-electron chi connectivity index (χ4n) is 3.41. The highest BCUT2D eigenvalue weighted by Crippen LogP contribution is 2.23. The quantitative estimate of drug-likeness (QED) is 0.253. The SMILES string of the molecule is CCNC(=NCc1ccc(C)cc1OCC1CCCO1)NCCC(=O)N(CC)CC.I. The second-order valence-electron chi connectivity index (χ2n) is 7.50. The number of hydrogen-bond acceptors (Lipinski definition) is 4. The molecule has 0 saturated carbocycles. The maximum absolute atomic E-state index is 12.2. The molecule has 0 aromatic heterocycles. The van der Waals surface area contributed by atoms with Gasteiger partial charge in [0.2, 0.25) is 5.91 Å². The van der Waals surface area contributed by atoms with Gasteiger partial charge in [-0.1, -0.05) is 12.1 Å². The number of rotatable bonds is 11. The predicted octanol–water partition coefficient (Wildman–Crippen LogP) is 3.48. The normalized spacial score (nSPS) is 15.9. The number of ether oxygens (including phenoxy) is 2. The molecule has 1 unspecified atom stereocenters. The number of hydrogen-bond donors (Lipinski definition) is 2. The van der Waals surface area contributed by atoms with Crippen molar-refractivity contribution in [3.8, 4) is 5.75 Å². The van der Waals surface area contributed by atoms with Gasteiger partial charge in [-0.3, -0.25) is 4.79 Å². The van der Waals surface area contributed by atoms with Crippen molar-refractivity contribution in [2.45, 2.75) is 59.6 Å². The van der Waals surface area contributed by atoms with Crippen LogP contribution in [0.4, 0.5) is 0 Å². The van der Waals surface area contributed by atoms with Crippen LogP contribution in [0.5, 0.6) is 5.75 Å². The lowest BCUT2D eigenvalue weighted by molar-refractivity contribution is -0.130. The summed E-state index contributed by atoms with van der Waals surface area (Å²) < 4.78 is 11.7. The van der Waals surface area contributed by atoms with Gasteiger partial charge >= 0.3 is 0 Å². The number of aryl methyl sites for hydroxylation is 1. The molecule has 1 saturated heterocycles. The first kappa shape index (κ1) is 27.5. The molecule has 8 heteroatoms. The van der Waals surface area contributed by atoms with Crippen molar-refractivity contribution in [3.63, 3.8) is 0 Å². The largest absolute Gasteiger partial charge is 0.491 e. The third-order valence-electron chi connectivity index (χ3n) is 5.17. The minimum absolute atomic E-state index is 0. The number of nitrogens with one attached hydrogen (secondary N) is 2. The Hall–Kier alpha value is -1.55. The van der Waals surface area contributed by atoms with E-state index in [1.165, 1.54) is 0 Å². The van der Waals surface area contributed by atoms with Crippen molar-refractivity contribution in [1.82, 2.24) is 15.5 Å². The molecule has 0 bridgehead atoms. The number of amides is 1. The molecular formula is C23H39IN4O3. The molecule has 2 N–H and O–H groups in total. The van der Waals surface area contributed by atoms with Crippen molar-refractivity contribution in [1.29, 1.82) is 0 Å². The minimum Gasteiger partial charge on any atom is -0.491 e. The minimum atomic E-state index is 0. The van der Waals surface area contributed by atoms with Crippen molar-refractivity contribution in [2.75, 3.05) is 39.4 Å². The Morgan fingerprint density at radius 1 is 1.26 bits per heavy atom. The second kappa shape index (κ2) is 15.3. The molecule has 31 heavy (non-hydrogen) atoms. The van der Waals surface area contributed by atoms with Gasteiger partial charge < -0.3 is 25.0 Å². The summed E-state index contributed by atoms with van der Waals surface area (Å²) in [7, 11) is 0. The highest BCUT2D eigenvalue weighted by molar-refractivity contribution is 14.0. The lowest BCUT2D eigenvalue weighted by Crippen LogP contribution is -2.40. The third-order valence-corrected chi connectivity index (χ3v) is 5.17. The number of carbonyl (C=O) groups excluding carboxylic acids is 1. The van der Waals surface area contributed by atoms with E-state index >= 15 is 0 Å².